The van der Waals surface area contributed by atoms with E-state index in [0.717, 1.165) is 10.5 Å². The molecule has 0 radical (unpaired) electrons. The van der Waals surface area contributed by atoms with E-state index in [9.17, 15) is 10.0 Å². The van der Waals surface area contributed by atoms with Crippen LogP contribution in [0.2, 0.25) is 0 Å². The van der Waals surface area contributed by atoms with Gasteiger partial charge in [0.25, 0.3) is 0 Å². The smallest absolute Gasteiger partial charge is 0.203 e. The van der Waals surface area contributed by atoms with Crippen LogP contribution in [0, 0.1) is 0 Å². The summed E-state index contributed by atoms with van der Waals surface area (Å²) in [6.07, 6.45) is 0. The van der Waals surface area contributed by atoms with Crippen molar-refractivity contribution in [2.24, 2.45) is 0 Å². The molecule has 1 aliphatic heterocycles. The first-order valence-electron chi connectivity index (χ1n) is 5.82. The van der Waals surface area contributed by atoms with Crippen LogP contribution in [-0.2, 0) is 0 Å². The van der Waals surface area contributed by atoms with Crippen molar-refractivity contribution in [3.05, 3.63) is 70.6 Å². The van der Waals surface area contributed by atoms with Crippen molar-refractivity contribution < 1.29 is 10.0 Å². The average molecular weight is 269 g/mol. The van der Waals surface area contributed by atoms with Gasteiger partial charge >= 0.3 is 0 Å². The van der Waals surface area contributed by atoms with Crippen molar-refractivity contribution in [2.45, 2.75) is 4.90 Å². The third-order valence-electron chi connectivity index (χ3n) is 2.95. The molecule has 2 N–H and O–H groups in total. The molecule has 0 unspecified atom stereocenters. The van der Waals surface area contributed by atoms with Gasteiger partial charge in [0.1, 0.15) is 0 Å². The molecule has 3 nitrogen and oxygen atoms in total. The van der Waals surface area contributed by atoms with Gasteiger partial charge in [-0.15, -0.1) is 0 Å². The maximum absolute atomic E-state index is 12.3. The molecule has 94 valence electrons. The van der Waals surface area contributed by atoms with E-state index in [1.807, 2.05) is 48.5 Å². The van der Waals surface area contributed by atoms with Crippen LogP contribution >= 0.6 is 11.8 Å². The van der Waals surface area contributed by atoms with Crippen molar-refractivity contribution in [3.63, 3.8) is 0 Å². The zero-order valence-electron chi connectivity index (χ0n) is 9.96. The Labute approximate surface area is 114 Å². The van der Waals surface area contributed by atoms with Gasteiger partial charge in [-0.3, -0.25) is 15.5 Å². The number of carbonyl (C=O) groups excluding carboxylic acids is 1. The molecule has 3 rings (SSSR count). The molecule has 0 saturated carbocycles. The summed E-state index contributed by atoms with van der Waals surface area (Å²) >= 11 is 1.38. The Hall–Kier alpha value is -2.04. The lowest BCUT2D eigenvalue weighted by Gasteiger charge is -2.08. The number of hydrogen-bond acceptors (Lipinski definition) is 4. The van der Waals surface area contributed by atoms with Gasteiger partial charge in [0.05, 0.1) is 10.6 Å². The highest BCUT2D eigenvalue weighted by Gasteiger charge is 2.28. The molecule has 0 atom stereocenters. The predicted octanol–water partition coefficient (Wildman–Crippen LogP) is 3.32. The van der Waals surface area contributed by atoms with E-state index >= 15 is 0 Å². The highest BCUT2D eigenvalue weighted by atomic mass is 32.2. The zero-order valence-corrected chi connectivity index (χ0v) is 10.8. The number of benzene rings is 2. The molecule has 0 aromatic heterocycles. The topological polar surface area (TPSA) is 49.3 Å². The van der Waals surface area contributed by atoms with Crippen LogP contribution in [0.3, 0.4) is 0 Å². The van der Waals surface area contributed by atoms with Crippen LogP contribution in [0.15, 0.2) is 64.4 Å². The predicted molar refractivity (Wildman–Crippen MR) is 74.9 cm³/mol. The highest BCUT2D eigenvalue weighted by molar-refractivity contribution is 8.05. The first-order chi connectivity index (χ1) is 9.31. The number of ketones is 1. The van der Waals surface area contributed by atoms with Gasteiger partial charge in [0.15, 0.2) is 0 Å². The molecule has 19 heavy (non-hydrogen) atoms. The Morgan fingerprint density at radius 1 is 1.00 bits per heavy atom. The molecule has 0 aliphatic carbocycles. The van der Waals surface area contributed by atoms with E-state index in [4.69, 9.17) is 0 Å². The number of carbonyl (C=O) groups is 1. The molecule has 0 spiro atoms. The molecular formula is C15H11NO2S. The van der Waals surface area contributed by atoms with Crippen molar-refractivity contribution in [2.75, 3.05) is 0 Å². The van der Waals surface area contributed by atoms with Crippen molar-refractivity contribution in [1.29, 1.82) is 0 Å². The quantitative estimate of drug-likeness (QED) is 0.648. The molecule has 0 fully saturated rings. The Morgan fingerprint density at radius 2 is 1.68 bits per heavy atom. The lowest BCUT2D eigenvalue weighted by Crippen LogP contribution is -2.10. The molecule has 4 heteroatoms. The number of hydroxylamine groups is 1. The Morgan fingerprint density at radius 3 is 2.37 bits per heavy atom. The number of hydrogen-bond donors (Lipinski definition) is 2. The molecule has 1 aliphatic rings. The van der Waals surface area contributed by atoms with Crippen LogP contribution < -0.4 is 5.48 Å². The fraction of sp³-hybridized carbons (Fsp3) is 0. The number of thioether (sulfide) groups is 1. The number of nitrogens with one attached hydrogen (secondary N) is 1. The Balaban J connectivity index is 2.12. The van der Waals surface area contributed by atoms with E-state index in [0.29, 0.717) is 16.2 Å². The second-order valence-electron chi connectivity index (χ2n) is 4.11. The summed E-state index contributed by atoms with van der Waals surface area (Å²) in [6, 6.07) is 16.8. The molecule has 1 heterocycles. The van der Waals surface area contributed by atoms with Gasteiger partial charge in [0.2, 0.25) is 5.78 Å². The largest absolute Gasteiger partial charge is 0.291 e. The van der Waals surface area contributed by atoms with Gasteiger partial charge in [-0.2, -0.15) is 0 Å². The monoisotopic (exact) mass is 269 g/mol. The van der Waals surface area contributed by atoms with E-state index in [1.54, 1.807) is 6.07 Å². The molecule has 0 saturated heterocycles. The summed E-state index contributed by atoms with van der Waals surface area (Å²) < 4.78 is 0. The van der Waals surface area contributed by atoms with E-state index in [-0.39, 0.29) is 5.78 Å². The van der Waals surface area contributed by atoms with E-state index in [1.165, 1.54) is 11.8 Å². The zero-order chi connectivity index (χ0) is 13.2. The average Bonchev–Trinajstić information content (AvgIpc) is 2.79. The summed E-state index contributed by atoms with van der Waals surface area (Å²) in [6.45, 7) is 0. The number of rotatable bonds is 2. The fourth-order valence-electron chi connectivity index (χ4n) is 2.04. The van der Waals surface area contributed by atoms with E-state index in [2.05, 4.69) is 5.48 Å². The van der Waals surface area contributed by atoms with Crippen LogP contribution in [0.5, 0.6) is 0 Å². The van der Waals surface area contributed by atoms with Gasteiger partial charge in [-0.1, -0.05) is 54.2 Å². The minimum atomic E-state index is -0.0546. The summed E-state index contributed by atoms with van der Waals surface area (Å²) in [4.78, 5) is 13.8. The molecule has 0 amide bonds. The summed E-state index contributed by atoms with van der Waals surface area (Å²) in [5.74, 6) is -0.0546. The first kappa shape index (κ1) is 12.0. The summed E-state index contributed by atoms with van der Waals surface area (Å²) in [7, 11) is 0. The third-order valence-corrected chi connectivity index (χ3v) is 4.12. The van der Waals surface area contributed by atoms with E-state index < -0.39 is 0 Å². The molecule has 2 aromatic carbocycles. The van der Waals surface area contributed by atoms with Crippen LogP contribution in [0.25, 0.3) is 5.70 Å². The van der Waals surface area contributed by atoms with Crippen LogP contribution in [0.1, 0.15) is 15.9 Å². The van der Waals surface area contributed by atoms with Crippen molar-refractivity contribution in [1.82, 2.24) is 5.48 Å². The SMILES string of the molecule is O=C1/C(=C(\NO)c2ccccc2)Sc2ccccc21. The standard InChI is InChI=1S/C15H11NO2S/c17-14-11-8-4-5-9-12(11)19-15(14)13(16-18)10-6-2-1-3-7-10/h1-9,16,18H/b15-13+. The second-order valence-corrected chi connectivity index (χ2v) is 5.16. The Kier molecular flexibility index (Phi) is 3.11. The highest BCUT2D eigenvalue weighted by Crippen LogP contribution is 2.42. The van der Waals surface area contributed by atoms with Crippen molar-refractivity contribution >= 4 is 23.2 Å². The number of fused-ring (bicyclic) bond motifs is 1. The van der Waals surface area contributed by atoms with Gasteiger partial charge < -0.3 is 0 Å². The van der Waals surface area contributed by atoms with Gasteiger partial charge in [-0.05, 0) is 12.1 Å². The normalized spacial score (nSPS) is 16.2. The van der Waals surface area contributed by atoms with Crippen LogP contribution in [0.4, 0.5) is 0 Å². The van der Waals surface area contributed by atoms with Crippen LogP contribution in [-0.4, -0.2) is 11.0 Å². The lowest BCUT2D eigenvalue weighted by molar-refractivity contribution is 0.104. The third kappa shape index (κ3) is 2.05. The molecule has 2 aromatic rings. The minimum Gasteiger partial charge on any atom is -0.291 e. The summed E-state index contributed by atoms with van der Waals surface area (Å²) in [5.41, 5.74) is 4.09. The molecule has 0 bridgehead atoms. The Bertz CT molecular complexity index is 665. The number of Topliss-reactive ketones (excluding diaryl/α,β-unsaturated/α-hetero) is 1. The van der Waals surface area contributed by atoms with Gasteiger partial charge in [-0.25, -0.2) is 0 Å². The van der Waals surface area contributed by atoms with Gasteiger partial charge in [0, 0.05) is 16.0 Å². The maximum atomic E-state index is 12.3. The lowest BCUT2D eigenvalue weighted by atomic mass is 10.1. The summed E-state index contributed by atoms with van der Waals surface area (Å²) in [5, 5.41) is 9.36. The number of allylic oxidation sites excluding steroid dienone is 1. The molecular weight excluding hydrogens is 258 g/mol. The van der Waals surface area contributed by atoms with Crippen molar-refractivity contribution in [3.8, 4) is 0 Å². The maximum Gasteiger partial charge on any atom is 0.203 e. The fourth-order valence-corrected chi connectivity index (χ4v) is 3.14. The first-order valence-corrected chi connectivity index (χ1v) is 6.64. The second kappa shape index (κ2) is 4.91. The minimum absolute atomic E-state index is 0.0546.